The molecule has 0 fully saturated rings. The molecule has 1 rings (SSSR count). The van der Waals surface area contributed by atoms with Gasteiger partial charge in [0.1, 0.15) is 6.26 Å². The molecule has 1 aromatic carbocycles. The highest BCUT2D eigenvalue weighted by Gasteiger charge is 2.30. The molecule has 1 unspecified atom stereocenters. The number of hydrogen-bond donors (Lipinski definition) is 1. The van der Waals surface area contributed by atoms with Crippen LogP contribution in [0.15, 0.2) is 30.5 Å². The van der Waals surface area contributed by atoms with E-state index in [9.17, 15) is 17.4 Å². The van der Waals surface area contributed by atoms with Crippen LogP contribution in [0.4, 0.5) is 13.2 Å². The van der Waals surface area contributed by atoms with Crippen LogP contribution in [0.2, 0.25) is 0 Å². The number of hydrogen-bond acceptors (Lipinski definition) is 2. The number of halogens is 3. The Morgan fingerprint density at radius 3 is 2.62 bits per heavy atom. The highest BCUT2D eigenvalue weighted by atomic mass is 32.2. The molecule has 16 heavy (non-hydrogen) atoms. The van der Waals surface area contributed by atoms with Gasteiger partial charge in [-0.1, -0.05) is 12.1 Å². The molecule has 0 heterocycles. The number of alkyl halides is 3. The zero-order valence-corrected chi connectivity index (χ0v) is 8.59. The highest BCUT2D eigenvalue weighted by molar-refractivity contribution is 7.74. The molecule has 0 aliphatic rings. The van der Waals surface area contributed by atoms with Crippen molar-refractivity contribution < 1.29 is 26.1 Å². The average molecular weight is 252 g/mol. The Kier molecular flexibility index (Phi) is 4.08. The minimum absolute atomic E-state index is 0.222. The molecule has 7 heteroatoms. The first-order chi connectivity index (χ1) is 7.39. The van der Waals surface area contributed by atoms with Gasteiger partial charge in [0.15, 0.2) is 0 Å². The molecule has 1 N–H and O–H groups in total. The Morgan fingerprint density at radius 1 is 1.38 bits per heavy atom. The van der Waals surface area contributed by atoms with E-state index >= 15 is 0 Å². The quantitative estimate of drug-likeness (QED) is 0.664. The molecular formula is C9H7F3O3S. The molecular weight excluding hydrogens is 245 g/mol. The van der Waals surface area contributed by atoms with Crippen LogP contribution in [-0.2, 0) is 21.7 Å². The van der Waals surface area contributed by atoms with Gasteiger partial charge in [0.2, 0.25) is 0 Å². The molecule has 0 saturated carbocycles. The van der Waals surface area contributed by atoms with Gasteiger partial charge in [0.25, 0.3) is 0 Å². The van der Waals surface area contributed by atoms with Crippen molar-refractivity contribution in [1.82, 2.24) is 0 Å². The van der Waals surface area contributed by atoms with Crippen molar-refractivity contribution >= 4 is 17.4 Å². The molecule has 0 aliphatic heterocycles. The lowest BCUT2D eigenvalue weighted by atomic mass is 10.1. The van der Waals surface area contributed by atoms with Crippen LogP contribution < -0.4 is 0 Å². The van der Waals surface area contributed by atoms with Crippen molar-refractivity contribution in [2.75, 3.05) is 0 Å². The van der Waals surface area contributed by atoms with E-state index in [0.717, 1.165) is 24.5 Å². The second-order valence-electron chi connectivity index (χ2n) is 2.74. The third kappa shape index (κ3) is 4.03. The fourth-order valence-corrected chi connectivity index (χ4v) is 1.12. The summed E-state index contributed by atoms with van der Waals surface area (Å²) in [4.78, 5) is 0. The van der Waals surface area contributed by atoms with E-state index in [1.165, 1.54) is 12.1 Å². The van der Waals surface area contributed by atoms with E-state index in [1.54, 1.807) is 0 Å². The fraction of sp³-hybridized carbons (Fsp3) is 0.111. The first-order valence-corrected chi connectivity index (χ1v) is 5.04. The Labute approximate surface area is 92.0 Å². The molecule has 0 spiro atoms. The third-order valence-corrected chi connectivity index (χ3v) is 1.89. The summed E-state index contributed by atoms with van der Waals surface area (Å²) in [5.74, 6) is 0. The van der Waals surface area contributed by atoms with E-state index in [2.05, 4.69) is 4.18 Å². The summed E-state index contributed by atoms with van der Waals surface area (Å²) < 4.78 is 59.3. The van der Waals surface area contributed by atoms with Gasteiger partial charge in [0, 0.05) is 0 Å². The van der Waals surface area contributed by atoms with E-state index < -0.39 is 23.1 Å². The van der Waals surface area contributed by atoms with Gasteiger partial charge < -0.3 is 4.18 Å². The molecule has 0 radical (unpaired) electrons. The third-order valence-electron chi connectivity index (χ3n) is 1.61. The maximum atomic E-state index is 12.3. The van der Waals surface area contributed by atoms with Crippen molar-refractivity contribution in [3.05, 3.63) is 41.7 Å². The summed E-state index contributed by atoms with van der Waals surface area (Å²) >= 11 is -2.47. The first kappa shape index (κ1) is 12.7. The second kappa shape index (κ2) is 5.13. The molecule has 88 valence electrons. The number of rotatable bonds is 3. The van der Waals surface area contributed by atoms with Crippen LogP contribution in [0, 0.1) is 0 Å². The standard InChI is InChI=1S/C9H7F3O3S/c10-9(11,12)8-3-1-2-7(6-8)4-5-15-16(13)14/h1-6H,(H,13,14). The molecule has 0 aromatic heterocycles. The lowest BCUT2D eigenvalue weighted by Crippen LogP contribution is -2.04. The molecule has 1 atom stereocenters. The van der Waals surface area contributed by atoms with Crippen LogP contribution in [0.1, 0.15) is 11.1 Å². The molecule has 0 aliphatic carbocycles. The van der Waals surface area contributed by atoms with Crippen molar-refractivity contribution in [2.24, 2.45) is 0 Å². The Hall–Kier alpha value is -1.34. The predicted octanol–water partition coefficient (Wildman–Crippen LogP) is 2.83. The van der Waals surface area contributed by atoms with Crippen LogP contribution >= 0.6 is 0 Å². The second-order valence-corrected chi connectivity index (χ2v) is 3.37. The predicted molar refractivity (Wildman–Crippen MR) is 52.3 cm³/mol. The Morgan fingerprint density at radius 2 is 2.06 bits per heavy atom. The molecule has 0 bridgehead atoms. The van der Waals surface area contributed by atoms with Crippen molar-refractivity contribution in [1.29, 1.82) is 0 Å². The molecule has 1 aromatic rings. The number of benzene rings is 1. The fourth-order valence-electron chi connectivity index (χ4n) is 0.973. The maximum absolute atomic E-state index is 12.3. The lowest BCUT2D eigenvalue weighted by molar-refractivity contribution is -0.137. The minimum atomic E-state index is -4.41. The first-order valence-electron chi connectivity index (χ1n) is 4.01. The Balaban J connectivity index is 2.83. The monoisotopic (exact) mass is 252 g/mol. The largest absolute Gasteiger partial charge is 0.416 e. The summed E-state index contributed by atoms with van der Waals surface area (Å²) in [6, 6.07) is 4.48. The average Bonchev–Trinajstić information content (AvgIpc) is 2.16. The van der Waals surface area contributed by atoms with Gasteiger partial charge in [-0.05, 0) is 23.8 Å². The minimum Gasteiger partial charge on any atom is -0.388 e. The van der Waals surface area contributed by atoms with Crippen molar-refractivity contribution in [2.45, 2.75) is 6.18 Å². The van der Waals surface area contributed by atoms with Gasteiger partial charge >= 0.3 is 17.5 Å². The van der Waals surface area contributed by atoms with Gasteiger partial charge in [-0.15, -0.1) is 0 Å². The summed E-state index contributed by atoms with van der Waals surface area (Å²) in [5.41, 5.74) is -0.569. The van der Waals surface area contributed by atoms with Gasteiger partial charge in [-0.3, -0.25) is 4.55 Å². The molecule has 3 nitrogen and oxygen atoms in total. The summed E-state index contributed by atoms with van der Waals surface area (Å²) in [7, 11) is 0. The molecule has 0 amide bonds. The topological polar surface area (TPSA) is 46.5 Å². The smallest absolute Gasteiger partial charge is 0.388 e. The van der Waals surface area contributed by atoms with Crippen LogP contribution in [-0.4, -0.2) is 8.76 Å². The van der Waals surface area contributed by atoms with Gasteiger partial charge in [-0.25, -0.2) is 0 Å². The SMILES string of the molecule is O=S(O)OC=Cc1cccc(C(F)(F)F)c1. The van der Waals surface area contributed by atoms with Crippen molar-refractivity contribution in [3.8, 4) is 0 Å². The van der Waals surface area contributed by atoms with E-state index in [1.807, 2.05) is 0 Å². The zero-order valence-electron chi connectivity index (χ0n) is 7.77. The highest BCUT2D eigenvalue weighted by Crippen LogP contribution is 2.29. The zero-order chi connectivity index (χ0) is 12.2. The normalized spacial score (nSPS) is 14.0. The van der Waals surface area contributed by atoms with Crippen LogP contribution in [0.3, 0.4) is 0 Å². The summed E-state index contributed by atoms with van der Waals surface area (Å²) in [6.07, 6.45) is -2.40. The molecule has 0 saturated heterocycles. The lowest BCUT2D eigenvalue weighted by Gasteiger charge is -2.06. The van der Waals surface area contributed by atoms with E-state index in [0.29, 0.717) is 0 Å². The van der Waals surface area contributed by atoms with Crippen molar-refractivity contribution in [3.63, 3.8) is 0 Å². The van der Waals surface area contributed by atoms with Gasteiger partial charge in [0.05, 0.1) is 5.56 Å². The summed E-state index contributed by atoms with van der Waals surface area (Å²) in [5, 5.41) is 0. The maximum Gasteiger partial charge on any atom is 0.416 e. The van der Waals surface area contributed by atoms with Crippen LogP contribution in [0.5, 0.6) is 0 Å². The van der Waals surface area contributed by atoms with Crippen LogP contribution in [0.25, 0.3) is 6.08 Å². The van der Waals surface area contributed by atoms with E-state index in [4.69, 9.17) is 4.55 Å². The van der Waals surface area contributed by atoms with Gasteiger partial charge in [-0.2, -0.15) is 17.4 Å². The summed E-state index contributed by atoms with van der Waals surface area (Å²) in [6.45, 7) is 0. The van der Waals surface area contributed by atoms with E-state index in [-0.39, 0.29) is 5.56 Å². The Bertz CT molecular complexity index is 415.